The van der Waals surface area contributed by atoms with Gasteiger partial charge in [0.05, 0.1) is 16.6 Å². The van der Waals surface area contributed by atoms with Gasteiger partial charge in [0.2, 0.25) is 0 Å². The van der Waals surface area contributed by atoms with E-state index in [4.69, 9.17) is 0 Å². The van der Waals surface area contributed by atoms with Crippen molar-refractivity contribution in [2.24, 2.45) is 0 Å². The summed E-state index contributed by atoms with van der Waals surface area (Å²) in [5, 5.41) is 4.83. The number of nitrogens with one attached hydrogen (secondary N) is 2. The number of aryl methyl sites for hydroxylation is 1. The summed E-state index contributed by atoms with van der Waals surface area (Å²) < 4.78 is 1.93. The quantitative estimate of drug-likeness (QED) is 0.777. The van der Waals surface area contributed by atoms with Gasteiger partial charge in [-0.2, -0.15) is 5.10 Å². The number of nitrogens with zero attached hydrogens (tertiary/aromatic N) is 2. The van der Waals surface area contributed by atoms with Crippen LogP contribution in [-0.2, 0) is 6.42 Å². The first kappa shape index (κ1) is 14.3. The summed E-state index contributed by atoms with van der Waals surface area (Å²) in [4.78, 5) is 28.4. The Morgan fingerprint density at radius 2 is 2.00 bits per heavy atom. The summed E-state index contributed by atoms with van der Waals surface area (Å²) in [6.07, 6.45) is 2.56. The smallest absolute Gasteiger partial charge is 0.307 e. The third-order valence-corrected chi connectivity index (χ3v) is 3.78. The van der Waals surface area contributed by atoms with Crippen molar-refractivity contribution in [1.82, 2.24) is 19.7 Å². The number of rotatable bonds is 3. The summed E-state index contributed by atoms with van der Waals surface area (Å²) in [5.41, 5.74) is 2.71. The number of hydrogen-bond acceptors (Lipinski definition) is 3. The van der Waals surface area contributed by atoms with Crippen molar-refractivity contribution in [1.29, 1.82) is 0 Å². The van der Waals surface area contributed by atoms with E-state index in [0.29, 0.717) is 10.9 Å². The topological polar surface area (TPSA) is 83.5 Å². The van der Waals surface area contributed by atoms with Crippen LogP contribution in [0.5, 0.6) is 0 Å². The van der Waals surface area contributed by atoms with Crippen LogP contribution < -0.4 is 11.2 Å². The minimum atomic E-state index is -0.487. The Balaban J connectivity index is 2.36. The van der Waals surface area contributed by atoms with Gasteiger partial charge >= 0.3 is 5.69 Å². The van der Waals surface area contributed by atoms with Crippen molar-refractivity contribution in [3.05, 3.63) is 50.8 Å². The van der Waals surface area contributed by atoms with Gasteiger partial charge in [-0.15, -0.1) is 0 Å². The first-order chi connectivity index (χ1) is 10.5. The molecule has 2 heterocycles. The fourth-order valence-corrected chi connectivity index (χ4v) is 2.73. The zero-order valence-electron chi connectivity index (χ0n) is 12.8. The Kier molecular flexibility index (Phi) is 3.44. The van der Waals surface area contributed by atoms with Crippen molar-refractivity contribution in [2.75, 3.05) is 0 Å². The van der Waals surface area contributed by atoms with E-state index in [1.807, 2.05) is 29.8 Å². The maximum absolute atomic E-state index is 12.0. The van der Waals surface area contributed by atoms with E-state index in [1.54, 1.807) is 6.20 Å². The average molecular weight is 298 g/mol. The molecule has 3 aromatic rings. The summed E-state index contributed by atoms with van der Waals surface area (Å²) in [6.45, 7) is 6.17. The lowest BCUT2D eigenvalue weighted by Gasteiger charge is -2.14. The van der Waals surface area contributed by atoms with Crippen LogP contribution in [0.1, 0.15) is 32.4 Å². The van der Waals surface area contributed by atoms with E-state index in [1.165, 1.54) is 0 Å². The molecule has 0 aliphatic rings. The number of H-pyrrole nitrogens is 2. The van der Waals surface area contributed by atoms with Crippen LogP contribution in [0.4, 0.5) is 0 Å². The molecule has 0 amide bonds. The molecule has 0 saturated heterocycles. The number of fused-ring (bicyclic) bond motifs is 1. The van der Waals surface area contributed by atoms with Crippen LogP contribution in [0.15, 0.2) is 34.0 Å². The van der Waals surface area contributed by atoms with Gasteiger partial charge in [-0.1, -0.05) is 6.92 Å². The first-order valence-corrected chi connectivity index (χ1v) is 7.34. The lowest BCUT2D eigenvalue weighted by atomic mass is 9.99. The fourth-order valence-electron chi connectivity index (χ4n) is 2.73. The Bertz CT molecular complexity index is 947. The molecular formula is C16H18N4O2. The second-order valence-corrected chi connectivity index (χ2v) is 5.57. The van der Waals surface area contributed by atoms with E-state index in [-0.39, 0.29) is 11.6 Å². The highest BCUT2D eigenvalue weighted by Gasteiger charge is 2.14. The van der Waals surface area contributed by atoms with Gasteiger partial charge in [-0.3, -0.25) is 14.5 Å². The van der Waals surface area contributed by atoms with Crippen LogP contribution in [-0.4, -0.2) is 19.7 Å². The summed E-state index contributed by atoms with van der Waals surface area (Å²) >= 11 is 0. The molecule has 0 bridgehead atoms. The first-order valence-electron chi connectivity index (χ1n) is 7.34. The van der Waals surface area contributed by atoms with E-state index in [2.05, 4.69) is 28.9 Å². The SMILES string of the molecule is CCc1cc2[nH]c(=O)[nH]c(=O)c2cc1-c1ccnn1C(C)C. The third kappa shape index (κ3) is 2.26. The molecule has 0 unspecified atom stereocenters. The Morgan fingerprint density at radius 1 is 1.23 bits per heavy atom. The van der Waals surface area contributed by atoms with E-state index in [0.717, 1.165) is 23.2 Å². The Hall–Kier alpha value is -2.63. The molecule has 0 aliphatic heterocycles. The minimum absolute atomic E-state index is 0.222. The zero-order chi connectivity index (χ0) is 15.9. The van der Waals surface area contributed by atoms with Gasteiger partial charge < -0.3 is 4.98 Å². The molecule has 22 heavy (non-hydrogen) atoms. The summed E-state index contributed by atoms with van der Waals surface area (Å²) in [6, 6.07) is 5.87. The third-order valence-electron chi connectivity index (χ3n) is 3.78. The van der Waals surface area contributed by atoms with Gasteiger partial charge in [-0.25, -0.2) is 4.79 Å². The molecule has 0 radical (unpaired) electrons. The highest BCUT2D eigenvalue weighted by molar-refractivity contribution is 5.85. The predicted molar refractivity (Wildman–Crippen MR) is 86.2 cm³/mol. The molecular weight excluding hydrogens is 280 g/mol. The molecule has 6 nitrogen and oxygen atoms in total. The van der Waals surface area contributed by atoms with Crippen molar-refractivity contribution < 1.29 is 0 Å². The monoisotopic (exact) mass is 298 g/mol. The van der Waals surface area contributed by atoms with Gasteiger partial charge in [0, 0.05) is 17.8 Å². The molecule has 0 fully saturated rings. The van der Waals surface area contributed by atoms with Crippen LogP contribution in [0.3, 0.4) is 0 Å². The van der Waals surface area contributed by atoms with E-state index >= 15 is 0 Å². The number of aromatic amines is 2. The standard InChI is InChI=1S/C16H18N4O2/c1-4-10-7-13-12(15(21)19-16(22)18-13)8-11(10)14-5-6-17-20(14)9(2)3/h5-9H,4H2,1-3H3,(H2,18,19,21,22). The maximum atomic E-state index is 12.0. The average Bonchev–Trinajstić information content (AvgIpc) is 2.95. The predicted octanol–water partition coefficient (Wildman–Crippen LogP) is 2.22. The summed E-state index contributed by atoms with van der Waals surface area (Å²) in [7, 11) is 0. The van der Waals surface area contributed by atoms with Gasteiger partial charge in [0.25, 0.3) is 5.56 Å². The fraction of sp³-hybridized carbons (Fsp3) is 0.312. The molecule has 114 valence electrons. The zero-order valence-corrected chi connectivity index (χ0v) is 12.8. The van der Waals surface area contributed by atoms with Crippen LogP contribution in [0, 0.1) is 0 Å². The van der Waals surface area contributed by atoms with E-state index < -0.39 is 5.69 Å². The molecule has 2 aromatic heterocycles. The summed E-state index contributed by atoms with van der Waals surface area (Å²) in [5.74, 6) is 0. The van der Waals surface area contributed by atoms with Crippen molar-refractivity contribution in [3.63, 3.8) is 0 Å². The number of benzene rings is 1. The molecule has 0 atom stereocenters. The highest BCUT2D eigenvalue weighted by atomic mass is 16.2. The highest BCUT2D eigenvalue weighted by Crippen LogP contribution is 2.28. The lowest BCUT2D eigenvalue weighted by molar-refractivity contribution is 0.538. The van der Waals surface area contributed by atoms with Crippen LogP contribution in [0.2, 0.25) is 0 Å². The second-order valence-electron chi connectivity index (χ2n) is 5.57. The molecule has 0 spiro atoms. The van der Waals surface area contributed by atoms with Gasteiger partial charge in [0.1, 0.15) is 0 Å². The Morgan fingerprint density at radius 3 is 2.68 bits per heavy atom. The van der Waals surface area contributed by atoms with Crippen molar-refractivity contribution in [2.45, 2.75) is 33.2 Å². The molecule has 0 aliphatic carbocycles. The van der Waals surface area contributed by atoms with Crippen LogP contribution in [0.25, 0.3) is 22.2 Å². The van der Waals surface area contributed by atoms with Crippen molar-refractivity contribution in [3.8, 4) is 11.3 Å². The van der Waals surface area contributed by atoms with Crippen LogP contribution >= 0.6 is 0 Å². The molecule has 3 rings (SSSR count). The van der Waals surface area contributed by atoms with Gasteiger partial charge in [0.15, 0.2) is 0 Å². The largest absolute Gasteiger partial charge is 0.326 e. The van der Waals surface area contributed by atoms with Crippen molar-refractivity contribution >= 4 is 10.9 Å². The Labute approximate surface area is 126 Å². The normalized spacial score (nSPS) is 11.5. The molecule has 2 N–H and O–H groups in total. The van der Waals surface area contributed by atoms with Gasteiger partial charge in [-0.05, 0) is 44.0 Å². The number of aromatic nitrogens is 4. The molecule has 0 saturated carbocycles. The molecule has 6 heteroatoms. The maximum Gasteiger partial charge on any atom is 0.326 e. The molecule has 1 aromatic carbocycles. The second kappa shape index (κ2) is 5.29. The minimum Gasteiger partial charge on any atom is -0.307 e. The number of hydrogen-bond donors (Lipinski definition) is 2. The lowest BCUT2D eigenvalue weighted by Crippen LogP contribution is -2.22. The van der Waals surface area contributed by atoms with E-state index in [9.17, 15) is 9.59 Å².